The molecule has 0 saturated heterocycles. The summed E-state index contributed by atoms with van der Waals surface area (Å²) in [6.07, 6.45) is 17.7. The second-order valence-electron chi connectivity index (χ2n) is 11.0. The van der Waals surface area contributed by atoms with E-state index < -0.39 is 0 Å². The van der Waals surface area contributed by atoms with Gasteiger partial charge in [0.15, 0.2) is 0 Å². The van der Waals surface area contributed by atoms with E-state index >= 15 is 0 Å². The van der Waals surface area contributed by atoms with Crippen LogP contribution in [0, 0.1) is 6.92 Å². The summed E-state index contributed by atoms with van der Waals surface area (Å²) in [6.45, 7) is 2.12. The Kier molecular flexibility index (Phi) is 8.57. The standard InChI is InChI=1S/C41H37N/c1-32-18-20-35(21-19-32)22-23-36-26-30-39(31-27-36)42(41-17-9-15-37-14-7-8-16-40(37)41)38-28-24-34(25-29-38)13-6-5-12-33-10-3-2-4-11-33/h2-6,9-13,15,17-31H,7-8,14,16H2,1H3. The number of aryl methyl sites for hydroxylation is 2. The Labute approximate surface area is 250 Å². The first-order valence-electron chi connectivity index (χ1n) is 15.0. The number of benzene rings is 5. The van der Waals surface area contributed by atoms with Crippen molar-refractivity contribution >= 4 is 41.4 Å². The molecule has 0 N–H and O–H groups in total. The largest absolute Gasteiger partial charge is 0.310 e. The molecule has 1 aliphatic rings. The van der Waals surface area contributed by atoms with Crippen molar-refractivity contribution in [2.75, 3.05) is 4.90 Å². The van der Waals surface area contributed by atoms with Crippen molar-refractivity contribution in [1.29, 1.82) is 0 Å². The highest BCUT2D eigenvalue weighted by Crippen LogP contribution is 2.40. The molecule has 0 aromatic heterocycles. The molecule has 42 heavy (non-hydrogen) atoms. The first kappa shape index (κ1) is 27.3. The van der Waals surface area contributed by atoms with Crippen LogP contribution in [0.4, 0.5) is 17.1 Å². The normalized spacial score (nSPS) is 13.2. The van der Waals surface area contributed by atoms with Crippen LogP contribution in [0.3, 0.4) is 0 Å². The maximum atomic E-state index is 2.43. The molecule has 0 atom stereocenters. The lowest BCUT2D eigenvalue weighted by Crippen LogP contribution is -2.15. The van der Waals surface area contributed by atoms with Gasteiger partial charge in [0.2, 0.25) is 0 Å². The van der Waals surface area contributed by atoms with Crippen LogP contribution in [0.1, 0.15) is 51.8 Å². The van der Waals surface area contributed by atoms with Crippen molar-refractivity contribution in [2.45, 2.75) is 32.6 Å². The van der Waals surface area contributed by atoms with E-state index in [2.05, 4.69) is 164 Å². The van der Waals surface area contributed by atoms with E-state index in [-0.39, 0.29) is 0 Å². The van der Waals surface area contributed by atoms with Crippen LogP contribution in [-0.2, 0) is 12.8 Å². The second-order valence-corrected chi connectivity index (χ2v) is 11.0. The summed E-state index contributed by atoms with van der Waals surface area (Å²) in [5.74, 6) is 0. The predicted molar refractivity (Wildman–Crippen MR) is 182 cm³/mol. The van der Waals surface area contributed by atoms with Crippen molar-refractivity contribution in [2.24, 2.45) is 0 Å². The number of rotatable bonds is 8. The molecule has 5 aromatic carbocycles. The van der Waals surface area contributed by atoms with Crippen LogP contribution in [0.5, 0.6) is 0 Å². The summed E-state index contributed by atoms with van der Waals surface area (Å²) >= 11 is 0. The average molecular weight is 544 g/mol. The molecule has 0 unspecified atom stereocenters. The van der Waals surface area contributed by atoms with E-state index in [4.69, 9.17) is 0 Å². The van der Waals surface area contributed by atoms with Gasteiger partial charge in [-0.3, -0.25) is 0 Å². The van der Waals surface area contributed by atoms with Gasteiger partial charge in [-0.25, -0.2) is 0 Å². The van der Waals surface area contributed by atoms with Crippen LogP contribution < -0.4 is 4.90 Å². The topological polar surface area (TPSA) is 3.24 Å². The Morgan fingerprint density at radius 2 is 1.00 bits per heavy atom. The summed E-state index contributed by atoms with van der Waals surface area (Å²) in [4.78, 5) is 2.43. The molecule has 0 fully saturated rings. The molecule has 0 spiro atoms. The van der Waals surface area contributed by atoms with Crippen LogP contribution in [0.15, 0.2) is 133 Å². The number of nitrogens with zero attached hydrogens (tertiary/aromatic N) is 1. The van der Waals surface area contributed by atoms with E-state index in [1.54, 1.807) is 0 Å². The van der Waals surface area contributed by atoms with Crippen molar-refractivity contribution in [3.63, 3.8) is 0 Å². The van der Waals surface area contributed by atoms with Gasteiger partial charge < -0.3 is 4.90 Å². The van der Waals surface area contributed by atoms with Gasteiger partial charge in [-0.1, -0.05) is 133 Å². The third-order valence-electron chi connectivity index (χ3n) is 7.95. The van der Waals surface area contributed by atoms with Gasteiger partial charge in [-0.05, 0) is 96.3 Å². The molecule has 5 aromatic rings. The molecular formula is C41H37N. The van der Waals surface area contributed by atoms with E-state index in [1.165, 1.54) is 75.3 Å². The monoisotopic (exact) mass is 543 g/mol. The number of allylic oxidation sites excluding steroid dienone is 2. The Morgan fingerprint density at radius 1 is 0.476 bits per heavy atom. The van der Waals surface area contributed by atoms with E-state index in [9.17, 15) is 0 Å². The van der Waals surface area contributed by atoms with Crippen LogP contribution in [-0.4, -0.2) is 0 Å². The zero-order valence-corrected chi connectivity index (χ0v) is 24.3. The third kappa shape index (κ3) is 6.70. The minimum Gasteiger partial charge on any atom is -0.310 e. The zero-order valence-electron chi connectivity index (χ0n) is 24.3. The van der Waals surface area contributed by atoms with Crippen molar-refractivity contribution < 1.29 is 0 Å². The van der Waals surface area contributed by atoms with Crippen LogP contribution >= 0.6 is 0 Å². The lowest BCUT2D eigenvalue weighted by atomic mass is 9.90. The summed E-state index contributed by atoms with van der Waals surface area (Å²) < 4.78 is 0. The molecule has 206 valence electrons. The molecule has 0 amide bonds. The van der Waals surface area contributed by atoms with Crippen molar-refractivity contribution in [3.05, 3.63) is 172 Å². The Morgan fingerprint density at radius 3 is 1.62 bits per heavy atom. The molecule has 0 heterocycles. The molecular weight excluding hydrogens is 506 g/mol. The summed E-state index contributed by atoms with van der Waals surface area (Å²) in [5.41, 5.74) is 12.7. The molecule has 6 rings (SSSR count). The van der Waals surface area contributed by atoms with Gasteiger partial charge in [0, 0.05) is 17.1 Å². The predicted octanol–water partition coefficient (Wildman–Crippen LogP) is 11.2. The number of hydrogen-bond acceptors (Lipinski definition) is 1. The van der Waals surface area contributed by atoms with Crippen molar-refractivity contribution in [3.8, 4) is 0 Å². The average Bonchev–Trinajstić information content (AvgIpc) is 3.05. The third-order valence-corrected chi connectivity index (χ3v) is 7.95. The quantitative estimate of drug-likeness (QED) is 0.139. The van der Waals surface area contributed by atoms with Gasteiger partial charge in [-0.15, -0.1) is 0 Å². The number of fused-ring (bicyclic) bond motifs is 1. The molecule has 1 aliphatic carbocycles. The van der Waals surface area contributed by atoms with Gasteiger partial charge in [0.05, 0.1) is 0 Å². The molecule has 0 bridgehead atoms. The van der Waals surface area contributed by atoms with Gasteiger partial charge in [-0.2, -0.15) is 0 Å². The lowest BCUT2D eigenvalue weighted by molar-refractivity contribution is 0.686. The lowest BCUT2D eigenvalue weighted by Gasteiger charge is -2.30. The Hall–Kier alpha value is -4.88. The molecule has 1 heteroatoms. The first-order chi connectivity index (χ1) is 20.7. The smallest absolute Gasteiger partial charge is 0.0496 e. The highest BCUT2D eigenvalue weighted by molar-refractivity contribution is 5.81. The SMILES string of the molecule is Cc1ccc(C=Cc2ccc(N(c3ccc(C=CC=Cc4ccccc4)cc3)c3cccc4c3CCCC4)cc2)cc1. The highest BCUT2D eigenvalue weighted by atomic mass is 15.1. The summed E-state index contributed by atoms with van der Waals surface area (Å²) in [7, 11) is 0. The highest BCUT2D eigenvalue weighted by Gasteiger charge is 2.20. The maximum Gasteiger partial charge on any atom is 0.0496 e. The van der Waals surface area contributed by atoms with E-state index in [1.807, 2.05) is 6.07 Å². The second kappa shape index (κ2) is 13.2. The minimum absolute atomic E-state index is 1.13. The molecule has 0 saturated carbocycles. The van der Waals surface area contributed by atoms with Gasteiger partial charge >= 0.3 is 0 Å². The Balaban J connectivity index is 1.28. The summed E-state index contributed by atoms with van der Waals surface area (Å²) in [5, 5.41) is 0. The summed E-state index contributed by atoms with van der Waals surface area (Å²) in [6, 6.07) is 43.7. The Bertz CT molecular complexity index is 1690. The van der Waals surface area contributed by atoms with Gasteiger partial charge in [0.1, 0.15) is 0 Å². The zero-order chi connectivity index (χ0) is 28.6. The fraction of sp³-hybridized carbons (Fsp3) is 0.122. The molecule has 0 aliphatic heterocycles. The van der Waals surface area contributed by atoms with Crippen LogP contribution in [0.2, 0.25) is 0 Å². The van der Waals surface area contributed by atoms with E-state index in [0.29, 0.717) is 0 Å². The van der Waals surface area contributed by atoms with E-state index in [0.717, 1.165) is 6.42 Å². The van der Waals surface area contributed by atoms with Gasteiger partial charge in [0.25, 0.3) is 0 Å². The minimum atomic E-state index is 1.13. The number of anilines is 3. The number of hydrogen-bond donors (Lipinski definition) is 0. The molecule has 0 radical (unpaired) electrons. The maximum absolute atomic E-state index is 2.43. The fourth-order valence-electron chi connectivity index (χ4n) is 5.63. The first-order valence-corrected chi connectivity index (χ1v) is 15.0. The van der Waals surface area contributed by atoms with Crippen molar-refractivity contribution in [1.82, 2.24) is 0 Å². The fourth-order valence-corrected chi connectivity index (χ4v) is 5.63. The molecule has 1 nitrogen and oxygen atoms in total. The van der Waals surface area contributed by atoms with Crippen LogP contribution in [0.25, 0.3) is 24.3 Å².